The van der Waals surface area contributed by atoms with Crippen molar-refractivity contribution in [2.75, 3.05) is 6.61 Å². The van der Waals surface area contributed by atoms with E-state index in [1.54, 1.807) is 6.07 Å². The van der Waals surface area contributed by atoms with Crippen molar-refractivity contribution in [2.24, 2.45) is 0 Å². The Labute approximate surface area is 97.5 Å². The lowest BCUT2D eigenvalue weighted by molar-refractivity contribution is 0.126. The summed E-state index contributed by atoms with van der Waals surface area (Å²) in [4.78, 5) is 4.09. The maximum Gasteiger partial charge on any atom is 0.258 e. The van der Waals surface area contributed by atoms with E-state index in [4.69, 9.17) is 9.26 Å². The fourth-order valence-electron chi connectivity index (χ4n) is 1.28. The van der Waals surface area contributed by atoms with Crippen LogP contribution >= 0.6 is 0 Å². The highest BCUT2D eigenvalue weighted by Crippen LogP contribution is 2.29. The lowest BCUT2D eigenvalue weighted by atomic mass is 10.2. The van der Waals surface area contributed by atoms with E-state index < -0.39 is 0 Å². The summed E-state index contributed by atoms with van der Waals surface area (Å²) >= 11 is 0. The number of hydrogen-bond acceptors (Lipinski definition) is 6. The maximum absolute atomic E-state index is 9.35. The average Bonchev–Trinajstić information content (AvgIpc) is 2.79. The number of phenols is 2. The molecule has 1 heterocycles. The lowest BCUT2D eigenvalue weighted by Crippen LogP contribution is -1.93. The van der Waals surface area contributed by atoms with Crippen molar-refractivity contribution in [3.63, 3.8) is 0 Å². The van der Waals surface area contributed by atoms with Crippen LogP contribution in [-0.2, 0) is 11.3 Å². The molecule has 0 aliphatic carbocycles. The smallest absolute Gasteiger partial charge is 0.258 e. The Balaban J connectivity index is 2.21. The van der Waals surface area contributed by atoms with E-state index in [1.165, 1.54) is 12.1 Å². The first-order chi connectivity index (χ1) is 8.20. The Kier molecular flexibility index (Phi) is 3.24. The van der Waals surface area contributed by atoms with Crippen molar-refractivity contribution < 1.29 is 19.5 Å². The highest BCUT2D eigenvalue weighted by Gasteiger charge is 2.10. The molecular weight excluding hydrogens is 224 g/mol. The van der Waals surface area contributed by atoms with E-state index >= 15 is 0 Å². The molecule has 0 saturated heterocycles. The largest absolute Gasteiger partial charge is 0.504 e. The molecule has 1 aromatic heterocycles. The SMILES string of the molecule is CCOCc1noc(-c2ccc(O)c(O)c2)n1. The normalized spacial score (nSPS) is 10.6. The number of aromatic nitrogens is 2. The van der Waals surface area contributed by atoms with Crippen LogP contribution in [0.25, 0.3) is 11.5 Å². The van der Waals surface area contributed by atoms with Crippen LogP contribution in [0.5, 0.6) is 11.5 Å². The van der Waals surface area contributed by atoms with Gasteiger partial charge in [-0.25, -0.2) is 0 Å². The number of aromatic hydroxyl groups is 2. The quantitative estimate of drug-likeness (QED) is 0.785. The summed E-state index contributed by atoms with van der Waals surface area (Å²) in [6.07, 6.45) is 0. The molecule has 0 fully saturated rings. The number of hydrogen-bond donors (Lipinski definition) is 2. The number of nitrogens with zero attached hydrogens (tertiary/aromatic N) is 2. The molecular formula is C11H12N2O4. The highest BCUT2D eigenvalue weighted by molar-refractivity contribution is 5.58. The van der Waals surface area contributed by atoms with Gasteiger partial charge in [0, 0.05) is 12.2 Å². The first-order valence-electron chi connectivity index (χ1n) is 5.13. The van der Waals surface area contributed by atoms with Gasteiger partial charge in [-0.2, -0.15) is 4.98 Å². The predicted octanol–water partition coefficient (Wildman–Crippen LogP) is 1.68. The zero-order chi connectivity index (χ0) is 12.3. The molecule has 0 unspecified atom stereocenters. The first-order valence-corrected chi connectivity index (χ1v) is 5.13. The van der Waals surface area contributed by atoms with Gasteiger partial charge in [0.05, 0.1) is 0 Å². The summed E-state index contributed by atoms with van der Waals surface area (Å²) in [7, 11) is 0. The summed E-state index contributed by atoms with van der Waals surface area (Å²) in [6.45, 7) is 2.73. The van der Waals surface area contributed by atoms with Gasteiger partial charge in [0.15, 0.2) is 17.3 Å². The molecule has 6 nitrogen and oxygen atoms in total. The van der Waals surface area contributed by atoms with E-state index in [2.05, 4.69) is 10.1 Å². The summed E-state index contributed by atoms with van der Waals surface area (Å²) < 4.78 is 10.1. The molecule has 2 aromatic rings. The molecule has 0 atom stereocenters. The molecule has 90 valence electrons. The molecule has 2 N–H and O–H groups in total. The fourth-order valence-corrected chi connectivity index (χ4v) is 1.28. The summed E-state index contributed by atoms with van der Waals surface area (Å²) in [5, 5.41) is 22.2. The molecule has 0 aliphatic heterocycles. The highest BCUT2D eigenvalue weighted by atomic mass is 16.5. The standard InChI is InChI=1S/C11H12N2O4/c1-2-16-6-10-12-11(17-13-10)7-3-4-8(14)9(15)5-7/h3-5,14-15H,2,6H2,1H3. The lowest BCUT2D eigenvalue weighted by Gasteiger charge is -1.98. The van der Waals surface area contributed by atoms with E-state index in [1.807, 2.05) is 6.92 Å². The minimum Gasteiger partial charge on any atom is -0.504 e. The first kappa shape index (κ1) is 11.4. The van der Waals surface area contributed by atoms with E-state index in [-0.39, 0.29) is 24.0 Å². The molecule has 2 rings (SSSR count). The van der Waals surface area contributed by atoms with Gasteiger partial charge < -0.3 is 19.5 Å². The van der Waals surface area contributed by atoms with E-state index in [9.17, 15) is 10.2 Å². The molecule has 0 saturated carbocycles. The third-order valence-electron chi connectivity index (χ3n) is 2.13. The van der Waals surface area contributed by atoms with Crippen LogP contribution in [0.4, 0.5) is 0 Å². The Bertz CT molecular complexity index is 510. The maximum atomic E-state index is 9.35. The monoisotopic (exact) mass is 236 g/mol. The van der Waals surface area contributed by atoms with Crippen molar-refractivity contribution in [2.45, 2.75) is 13.5 Å². The number of rotatable bonds is 4. The molecule has 0 amide bonds. The second-order valence-electron chi connectivity index (χ2n) is 3.36. The minimum absolute atomic E-state index is 0.192. The zero-order valence-electron chi connectivity index (χ0n) is 9.25. The Morgan fingerprint density at radius 2 is 2.12 bits per heavy atom. The van der Waals surface area contributed by atoms with Crippen LogP contribution in [0.2, 0.25) is 0 Å². The van der Waals surface area contributed by atoms with Crippen molar-refractivity contribution in [1.29, 1.82) is 0 Å². The van der Waals surface area contributed by atoms with Crippen molar-refractivity contribution in [1.82, 2.24) is 10.1 Å². The van der Waals surface area contributed by atoms with Gasteiger partial charge in [-0.05, 0) is 25.1 Å². The van der Waals surface area contributed by atoms with Crippen LogP contribution in [0.1, 0.15) is 12.7 Å². The van der Waals surface area contributed by atoms with Crippen molar-refractivity contribution in [3.8, 4) is 23.0 Å². The number of benzene rings is 1. The topological polar surface area (TPSA) is 88.6 Å². The third kappa shape index (κ3) is 2.54. The fraction of sp³-hybridized carbons (Fsp3) is 0.273. The second kappa shape index (κ2) is 4.84. The van der Waals surface area contributed by atoms with E-state index in [0.717, 1.165) is 0 Å². The predicted molar refractivity (Wildman–Crippen MR) is 58.4 cm³/mol. The average molecular weight is 236 g/mol. The minimum atomic E-state index is -0.230. The van der Waals surface area contributed by atoms with Crippen LogP contribution < -0.4 is 0 Å². The van der Waals surface area contributed by atoms with Crippen molar-refractivity contribution >= 4 is 0 Å². The zero-order valence-corrected chi connectivity index (χ0v) is 9.25. The van der Waals surface area contributed by atoms with Crippen LogP contribution in [0, 0.1) is 0 Å². The molecule has 1 aromatic carbocycles. The van der Waals surface area contributed by atoms with Gasteiger partial charge in [0.2, 0.25) is 0 Å². The van der Waals surface area contributed by atoms with Gasteiger partial charge in [0.1, 0.15) is 6.61 Å². The van der Waals surface area contributed by atoms with Gasteiger partial charge in [0.25, 0.3) is 5.89 Å². The summed E-state index contributed by atoms with van der Waals surface area (Å²) in [5.41, 5.74) is 0.538. The number of phenolic OH excluding ortho intramolecular Hbond substituents is 2. The van der Waals surface area contributed by atoms with Crippen LogP contribution in [0.3, 0.4) is 0 Å². The molecule has 6 heteroatoms. The van der Waals surface area contributed by atoms with Crippen molar-refractivity contribution in [3.05, 3.63) is 24.0 Å². The summed E-state index contributed by atoms with van der Waals surface area (Å²) in [6, 6.07) is 4.29. The van der Waals surface area contributed by atoms with Crippen LogP contribution in [-0.4, -0.2) is 27.0 Å². The van der Waals surface area contributed by atoms with Gasteiger partial charge in [-0.15, -0.1) is 0 Å². The number of ether oxygens (including phenoxy) is 1. The second-order valence-corrected chi connectivity index (χ2v) is 3.36. The molecule has 0 bridgehead atoms. The molecule has 0 aliphatic rings. The summed E-state index contributed by atoms with van der Waals surface area (Å²) in [5.74, 6) is 0.291. The molecule has 0 radical (unpaired) electrons. The van der Waals surface area contributed by atoms with E-state index in [0.29, 0.717) is 18.0 Å². The Morgan fingerprint density at radius 1 is 1.29 bits per heavy atom. The van der Waals surface area contributed by atoms with Gasteiger partial charge in [-0.1, -0.05) is 5.16 Å². The van der Waals surface area contributed by atoms with Crippen LogP contribution in [0.15, 0.2) is 22.7 Å². The Morgan fingerprint density at radius 3 is 2.82 bits per heavy atom. The van der Waals surface area contributed by atoms with Gasteiger partial charge >= 0.3 is 0 Å². The third-order valence-corrected chi connectivity index (χ3v) is 2.13. The van der Waals surface area contributed by atoms with Gasteiger partial charge in [-0.3, -0.25) is 0 Å². The molecule has 17 heavy (non-hydrogen) atoms. The molecule has 0 spiro atoms. The Hall–Kier alpha value is -2.08.